The molecule has 2 nitrogen and oxygen atoms in total. The third kappa shape index (κ3) is 2.16. The van der Waals surface area contributed by atoms with Crippen molar-refractivity contribution in [3.05, 3.63) is 23.8 Å². The van der Waals surface area contributed by atoms with E-state index < -0.39 is 0 Å². The summed E-state index contributed by atoms with van der Waals surface area (Å²) in [4.78, 5) is 2.18. The average Bonchev–Trinajstić information content (AvgIpc) is 2.22. The quantitative estimate of drug-likeness (QED) is 0.744. The SMILES string of the molecule is CCN(CC)c1ccc(C)c(NF)c1. The second-order valence-corrected chi connectivity index (χ2v) is 3.27. The van der Waals surface area contributed by atoms with Gasteiger partial charge < -0.3 is 4.90 Å². The van der Waals surface area contributed by atoms with E-state index in [0.717, 1.165) is 24.3 Å². The van der Waals surface area contributed by atoms with Gasteiger partial charge in [-0.25, -0.2) is 5.54 Å². The lowest BCUT2D eigenvalue weighted by Crippen LogP contribution is -2.21. The first kappa shape index (κ1) is 10.8. The summed E-state index contributed by atoms with van der Waals surface area (Å²) in [5.74, 6) is 0. The zero-order valence-electron chi connectivity index (χ0n) is 8.97. The molecular weight excluding hydrogens is 179 g/mol. The van der Waals surface area contributed by atoms with Gasteiger partial charge in [0.05, 0.1) is 5.69 Å². The fourth-order valence-electron chi connectivity index (χ4n) is 1.50. The van der Waals surface area contributed by atoms with Gasteiger partial charge in [-0.05, 0) is 38.5 Å². The molecule has 0 aliphatic carbocycles. The zero-order chi connectivity index (χ0) is 10.6. The van der Waals surface area contributed by atoms with E-state index in [2.05, 4.69) is 18.7 Å². The molecule has 3 heteroatoms. The lowest BCUT2D eigenvalue weighted by molar-refractivity contribution is 0.616. The molecule has 0 saturated heterocycles. The maximum atomic E-state index is 12.4. The second kappa shape index (κ2) is 4.84. The highest BCUT2D eigenvalue weighted by Crippen LogP contribution is 2.23. The van der Waals surface area contributed by atoms with Crippen LogP contribution in [0.3, 0.4) is 0 Å². The Bertz CT molecular complexity index is 295. The molecular formula is C11H17FN2. The summed E-state index contributed by atoms with van der Waals surface area (Å²) in [5, 5.41) is 0. The maximum absolute atomic E-state index is 12.4. The van der Waals surface area contributed by atoms with Crippen molar-refractivity contribution < 1.29 is 4.48 Å². The molecule has 1 N–H and O–H groups in total. The standard InChI is InChI=1S/C11H17FN2/c1-4-14(5-2)10-7-6-9(3)11(8-10)13-12/h6-8,13H,4-5H2,1-3H3. The first-order valence-corrected chi connectivity index (χ1v) is 4.95. The summed E-state index contributed by atoms with van der Waals surface area (Å²) in [7, 11) is 0. The van der Waals surface area contributed by atoms with Gasteiger partial charge >= 0.3 is 0 Å². The Balaban J connectivity index is 2.98. The molecule has 0 amide bonds. The van der Waals surface area contributed by atoms with Crippen molar-refractivity contribution in [3.8, 4) is 0 Å². The van der Waals surface area contributed by atoms with E-state index in [1.165, 1.54) is 0 Å². The molecule has 0 aromatic heterocycles. The topological polar surface area (TPSA) is 15.3 Å². The number of benzene rings is 1. The number of hydrogen-bond acceptors (Lipinski definition) is 2. The van der Waals surface area contributed by atoms with Crippen molar-refractivity contribution in [1.29, 1.82) is 0 Å². The van der Waals surface area contributed by atoms with Gasteiger partial charge in [0.25, 0.3) is 0 Å². The van der Waals surface area contributed by atoms with Crippen LogP contribution in [0.1, 0.15) is 19.4 Å². The first-order valence-electron chi connectivity index (χ1n) is 4.95. The van der Waals surface area contributed by atoms with E-state index in [0.29, 0.717) is 5.69 Å². The van der Waals surface area contributed by atoms with Gasteiger partial charge in [0, 0.05) is 18.8 Å². The fourth-order valence-corrected chi connectivity index (χ4v) is 1.50. The van der Waals surface area contributed by atoms with Crippen LogP contribution in [-0.4, -0.2) is 13.1 Å². The van der Waals surface area contributed by atoms with Crippen molar-refractivity contribution >= 4 is 11.4 Å². The van der Waals surface area contributed by atoms with Crippen molar-refractivity contribution in [1.82, 2.24) is 0 Å². The Morgan fingerprint density at radius 3 is 2.43 bits per heavy atom. The molecule has 0 aliphatic heterocycles. The number of hydrogen-bond donors (Lipinski definition) is 1. The largest absolute Gasteiger partial charge is 0.372 e. The third-order valence-electron chi connectivity index (χ3n) is 2.45. The minimum atomic E-state index is 0.550. The average molecular weight is 196 g/mol. The maximum Gasteiger partial charge on any atom is 0.0705 e. The smallest absolute Gasteiger partial charge is 0.0705 e. The molecule has 0 saturated carbocycles. The Hall–Kier alpha value is -1.25. The van der Waals surface area contributed by atoms with Crippen LogP contribution in [0.2, 0.25) is 0 Å². The molecule has 1 rings (SSSR count). The minimum absolute atomic E-state index is 0.550. The van der Waals surface area contributed by atoms with E-state index in [1.54, 1.807) is 5.54 Å². The molecule has 78 valence electrons. The van der Waals surface area contributed by atoms with Crippen molar-refractivity contribution in [2.24, 2.45) is 0 Å². The van der Waals surface area contributed by atoms with Crippen LogP contribution in [0, 0.1) is 6.92 Å². The predicted molar refractivity (Wildman–Crippen MR) is 59.5 cm³/mol. The zero-order valence-corrected chi connectivity index (χ0v) is 8.97. The van der Waals surface area contributed by atoms with Crippen LogP contribution in [-0.2, 0) is 0 Å². The monoisotopic (exact) mass is 196 g/mol. The Morgan fingerprint density at radius 1 is 1.29 bits per heavy atom. The van der Waals surface area contributed by atoms with Crippen LogP contribution >= 0.6 is 0 Å². The van der Waals surface area contributed by atoms with Gasteiger partial charge in [-0.1, -0.05) is 6.07 Å². The van der Waals surface area contributed by atoms with E-state index in [4.69, 9.17) is 0 Å². The van der Waals surface area contributed by atoms with Crippen LogP contribution < -0.4 is 10.4 Å². The van der Waals surface area contributed by atoms with Crippen molar-refractivity contribution in [3.63, 3.8) is 0 Å². The number of rotatable bonds is 4. The number of nitrogens with zero attached hydrogens (tertiary/aromatic N) is 1. The van der Waals surface area contributed by atoms with Crippen molar-refractivity contribution in [2.75, 3.05) is 23.5 Å². The summed E-state index contributed by atoms with van der Waals surface area (Å²) in [6, 6.07) is 5.78. The van der Waals surface area contributed by atoms with Crippen molar-refractivity contribution in [2.45, 2.75) is 20.8 Å². The molecule has 0 bridgehead atoms. The van der Waals surface area contributed by atoms with E-state index in [-0.39, 0.29) is 0 Å². The lowest BCUT2D eigenvalue weighted by atomic mass is 10.1. The summed E-state index contributed by atoms with van der Waals surface area (Å²) >= 11 is 0. The summed E-state index contributed by atoms with van der Waals surface area (Å²) in [6.45, 7) is 7.93. The summed E-state index contributed by atoms with van der Waals surface area (Å²) in [5.41, 5.74) is 4.24. The van der Waals surface area contributed by atoms with Gasteiger partial charge in [-0.2, -0.15) is 0 Å². The molecule has 0 fully saturated rings. The molecule has 0 unspecified atom stereocenters. The van der Waals surface area contributed by atoms with Gasteiger partial charge in [-0.3, -0.25) is 0 Å². The van der Waals surface area contributed by atoms with Gasteiger partial charge in [0.2, 0.25) is 0 Å². The van der Waals surface area contributed by atoms with Crippen LogP contribution in [0.25, 0.3) is 0 Å². The van der Waals surface area contributed by atoms with E-state index in [1.807, 2.05) is 25.1 Å². The Labute approximate surface area is 84.7 Å². The Morgan fingerprint density at radius 2 is 1.93 bits per heavy atom. The highest BCUT2D eigenvalue weighted by Gasteiger charge is 2.04. The molecule has 0 atom stereocenters. The molecule has 1 aromatic rings. The third-order valence-corrected chi connectivity index (χ3v) is 2.45. The molecule has 14 heavy (non-hydrogen) atoms. The minimum Gasteiger partial charge on any atom is -0.372 e. The molecule has 0 spiro atoms. The molecule has 0 heterocycles. The van der Waals surface area contributed by atoms with Crippen LogP contribution in [0.15, 0.2) is 18.2 Å². The van der Waals surface area contributed by atoms with Crippen LogP contribution in [0.4, 0.5) is 15.9 Å². The molecule has 0 aliphatic rings. The normalized spacial score (nSPS) is 10.0. The highest BCUT2D eigenvalue weighted by atomic mass is 19.2. The summed E-state index contributed by atoms with van der Waals surface area (Å²) < 4.78 is 12.4. The summed E-state index contributed by atoms with van der Waals surface area (Å²) in [6.07, 6.45) is 0. The highest BCUT2D eigenvalue weighted by molar-refractivity contribution is 5.61. The van der Waals surface area contributed by atoms with E-state index in [9.17, 15) is 4.48 Å². The number of nitrogens with one attached hydrogen (secondary N) is 1. The lowest BCUT2D eigenvalue weighted by Gasteiger charge is -2.21. The number of aryl methyl sites for hydroxylation is 1. The van der Waals surface area contributed by atoms with E-state index >= 15 is 0 Å². The molecule has 0 radical (unpaired) electrons. The van der Waals surface area contributed by atoms with Gasteiger partial charge in [-0.15, -0.1) is 4.48 Å². The number of halogens is 1. The van der Waals surface area contributed by atoms with Gasteiger partial charge in [0.1, 0.15) is 0 Å². The molecule has 1 aromatic carbocycles. The first-order chi connectivity index (χ1) is 6.72. The fraction of sp³-hybridized carbons (Fsp3) is 0.455. The Kier molecular flexibility index (Phi) is 3.74. The van der Waals surface area contributed by atoms with Crippen LogP contribution in [0.5, 0.6) is 0 Å². The van der Waals surface area contributed by atoms with Gasteiger partial charge in [0.15, 0.2) is 0 Å². The predicted octanol–water partition coefficient (Wildman–Crippen LogP) is 3.14. The second-order valence-electron chi connectivity index (χ2n) is 3.27. The number of anilines is 2.